The maximum Gasteiger partial charge on any atom is 0.129 e. The second kappa shape index (κ2) is 5.25. The largest absolute Gasteiger partial charge is 0.370 e. The van der Waals surface area contributed by atoms with E-state index < -0.39 is 0 Å². The maximum absolute atomic E-state index is 4.36. The molecule has 0 spiro atoms. The van der Waals surface area contributed by atoms with Gasteiger partial charge in [-0.1, -0.05) is 0 Å². The molecule has 0 saturated carbocycles. The molecule has 1 fully saturated rings. The van der Waals surface area contributed by atoms with Crippen molar-refractivity contribution >= 4 is 5.82 Å². The van der Waals surface area contributed by atoms with Crippen LogP contribution in [0.1, 0.15) is 30.8 Å². The Labute approximate surface area is 96.9 Å². The second-order valence-electron chi connectivity index (χ2n) is 4.45. The van der Waals surface area contributed by atoms with Gasteiger partial charge in [0, 0.05) is 24.3 Å². The van der Waals surface area contributed by atoms with Gasteiger partial charge >= 0.3 is 0 Å². The number of hydrogen-bond donors (Lipinski definition) is 2. The van der Waals surface area contributed by atoms with Gasteiger partial charge in [0.1, 0.15) is 11.6 Å². The number of anilines is 1. The van der Waals surface area contributed by atoms with Crippen LogP contribution in [-0.4, -0.2) is 29.1 Å². The van der Waals surface area contributed by atoms with Crippen LogP contribution in [-0.2, 0) is 0 Å². The summed E-state index contributed by atoms with van der Waals surface area (Å²) in [6, 6.07) is 2.69. The highest BCUT2D eigenvalue weighted by Gasteiger charge is 2.12. The van der Waals surface area contributed by atoms with Crippen LogP contribution in [0.25, 0.3) is 0 Å². The van der Waals surface area contributed by atoms with Crippen molar-refractivity contribution in [2.45, 2.75) is 39.2 Å². The van der Waals surface area contributed by atoms with Gasteiger partial charge in [-0.15, -0.1) is 0 Å². The molecule has 1 aliphatic rings. The van der Waals surface area contributed by atoms with Crippen LogP contribution in [0.3, 0.4) is 0 Å². The number of nitrogens with zero attached hydrogens (tertiary/aromatic N) is 2. The summed E-state index contributed by atoms with van der Waals surface area (Å²) in [5, 5.41) is 6.85. The van der Waals surface area contributed by atoms with E-state index in [1.165, 1.54) is 25.8 Å². The fourth-order valence-corrected chi connectivity index (χ4v) is 2.19. The monoisotopic (exact) mass is 220 g/mol. The predicted octanol–water partition coefficient (Wildman–Crippen LogP) is 1.65. The summed E-state index contributed by atoms with van der Waals surface area (Å²) in [4.78, 5) is 8.61. The van der Waals surface area contributed by atoms with E-state index in [2.05, 4.69) is 20.6 Å². The van der Waals surface area contributed by atoms with Gasteiger partial charge < -0.3 is 10.6 Å². The van der Waals surface area contributed by atoms with E-state index in [9.17, 15) is 0 Å². The number of aromatic nitrogens is 2. The lowest BCUT2D eigenvalue weighted by Gasteiger charge is -2.11. The molecule has 1 saturated heterocycles. The van der Waals surface area contributed by atoms with Crippen molar-refractivity contribution in [3.63, 3.8) is 0 Å². The molecular weight excluding hydrogens is 200 g/mol. The molecule has 1 atom stereocenters. The predicted molar refractivity (Wildman–Crippen MR) is 65.6 cm³/mol. The van der Waals surface area contributed by atoms with E-state index in [-0.39, 0.29) is 0 Å². The molecule has 0 amide bonds. The van der Waals surface area contributed by atoms with Gasteiger partial charge in [0.2, 0.25) is 0 Å². The number of aryl methyl sites for hydroxylation is 2. The zero-order valence-electron chi connectivity index (χ0n) is 10.1. The highest BCUT2D eigenvalue weighted by atomic mass is 15.0. The first-order valence-electron chi connectivity index (χ1n) is 6.03. The van der Waals surface area contributed by atoms with Crippen LogP contribution >= 0.6 is 0 Å². The number of nitrogens with one attached hydrogen (secondary N) is 2. The van der Waals surface area contributed by atoms with E-state index in [1.54, 1.807) is 0 Å². The lowest BCUT2D eigenvalue weighted by molar-refractivity contribution is 0.574. The Bertz CT molecular complexity index is 325. The van der Waals surface area contributed by atoms with E-state index in [4.69, 9.17) is 0 Å². The minimum absolute atomic E-state index is 0.691. The Kier molecular flexibility index (Phi) is 3.72. The third-order valence-electron chi connectivity index (χ3n) is 2.93. The van der Waals surface area contributed by atoms with Crippen molar-refractivity contribution in [2.75, 3.05) is 18.4 Å². The molecule has 1 aliphatic heterocycles. The zero-order valence-corrected chi connectivity index (χ0v) is 10.1. The SMILES string of the molecule is Cc1cc(NCC[C@@H]2CCCN2)nc(C)n1. The summed E-state index contributed by atoms with van der Waals surface area (Å²) in [5.41, 5.74) is 1.02. The van der Waals surface area contributed by atoms with Crippen molar-refractivity contribution in [3.8, 4) is 0 Å². The summed E-state index contributed by atoms with van der Waals surface area (Å²) in [7, 11) is 0. The van der Waals surface area contributed by atoms with Crippen molar-refractivity contribution in [1.82, 2.24) is 15.3 Å². The van der Waals surface area contributed by atoms with Gasteiger partial charge in [-0.2, -0.15) is 0 Å². The van der Waals surface area contributed by atoms with Gasteiger partial charge in [-0.05, 0) is 39.7 Å². The molecule has 4 nitrogen and oxygen atoms in total. The lowest BCUT2D eigenvalue weighted by atomic mass is 10.1. The molecule has 0 radical (unpaired) electrons. The first-order valence-corrected chi connectivity index (χ1v) is 6.03. The van der Waals surface area contributed by atoms with Crippen molar-refractivity contribution in [2.24, 2.45) is 0 Å². The molecule has 0 bridgehead atoms. The Morgan fingerprint density at radius 1 is 1.44 bits per heavy atom. The van der Waals surface area contributed by atoms with Crippen LogP contribution in [0.2, 0.25) is 0 Å². The molecule has 0 unspecified atom stereocenters. The highest BCUT2D eigenvalue weighted by molar-refractivity contribution is 5.35. The fourth-order valence-electron chi connectivity index (χ4n) is 2.19. The smallest absolute Gasteiger partial charge is 0.129 e. The van der Waals surface area contributed by atoms with Crippen molar-refractivity contribution in [3.05, 3.63) is 17.6 Å². The van der Waals surface area contributed by atoms with Crippen LogP contribution in [0, 0.1) is 13.8 Å². The minimum Gasteiger partial charge on any atom is -0.370 e. The molecule has 4 heteroatoms. The Morgan fingerprint density at radius 2 is 2.31 bits per heavy atom. The number of rotatable bonds is 4. The van der Waals surface area contributed by atoms with Crippen LogP contribution in [0.5, 0.6) is 0 Å². The standard InChI is InChI=1S/C12H20N4/c1-9-8-12(16-10(2)15-9)14-7-5-11-4-3-6-13-11/h8,11,13H,3-7H2,1-2H3,(H,14,15,16)/t11-/m0/s1. The molecule has 88 valence electrons. The third-order valence-corrected chi connectivity index (χ3v) is 2.93. The van der Waals surface area contributed by atoms with E-state index in [1.807, 2.05) is 19.9 Å². The number of hydrogen-bond acceptors (Lipinski definition) is 4. The summed E-state index contributed by atoms with van der Waals surface area (Å²) >= 11 is 0. The van der Waals surface area contributed by atoms with E-state index >= 15 is 0 Å². The average molecular weight is 220 g/mol. The third kappa shape index (κ3) is 3.17. The highest BCUT2D eigenvalue weighted by Crippen LogP contribution is 2.10. The summed E-state index contributed by atoms with van der Waals surface area (Å²) in [6.45, 7) is 6.08. The Hall–Kier alpha value is -1.16. The Morgan fingerprint density at radius 3 is 3.00 bits per heavy atom. The average Bonchev–Trinajstić information content (AvgIpc) is 2.69. The summed E-state index contributed by atoms with van der Waals surface area (Å²) in [6.07, 6.45) is 3.79. The molecule has 1 aromatic rings. The molecule has 2 heterocycles. The zero-order chi connectivity index (χ0) is 11.4. The van der Waals surface area contributed by atoms with Crippen LogP contribution in [0.15, 0.2) is 6.07 Å². The normalized spacial score (nSPS) is 20.0. The molecular formula is C12H20N4. The summed E-state index contributed by atoms with van der Waals surface area (Å²) in [5.74, 6) is 1.78. The molecule has 2 N–H and O–H groups in total. The second-order valence-corrected chi connectivity index (χ2v) is 4.45. The molecule has 0 aromatic carbocycles. The van der Waals surface area contributed by atoms with Gasteiger partial charge in [0.25, 0.3) is 0 Å². The molecule has 0 aliphatic carbocycles. The topological polar surface area (TPSA) is 49.8 Å². The van der Waals surface area contributed by atoms with Crippen LogP contribution < -0.4 is 10.6 Å². The first-order chi connectivity index (χ1) is 7.74. The van der Waals surface area contributed by atoms with Gasteiger partial charge in [0.15, 0.2) is 0 Å². The van der Waals surface area contributed by atoms with Crippen molar-refractivity contribution < 1.29 is 0 Å². The van der Waals surface area contributed by atoms with Gasteiger partial charge in [-0.3, -0.25) is 0 Å². The molecule has 1 aromatic heterocycles. The Balaban J connectivity index is 1.80. The van der Waals surface area contributed by atoms with Gasteiger partial charge in [0.05, 0.1) is 0 Å². The maximum atomic E-state index is 4.36. The van der Waals surface area contributed by atoms with E-state index in [0.717, 1.165) is 23.9 Å². The minimum atomic E-state index is 0.691. The van der Waals surface area contributed by atoms with Gasteiger partial charge in [-0.25, -0.2) is 9.97 Å². The fraction of sp³-hybridized carbons (Fsp3) is 0.667. The lowest BCUT2D eigenvalue weighted by Crippen LogP contribution is -2.24. The van der Waals surface area contributed by atoms with Crippen LogP contribution in [0.4, 0.5) is 5.82 Å². The summed E-state index contributed by atoms with van der Waals surface area (Å²) < 4.78 is 0. The molecule has 2 rings (SSSR count). The first kappa shape index (κ1) is 11.3. The van der Waals surface area contributed by atoms with E-state index in [0.29, 0.717) is 6.04 Å². The molecule has 16 heavy (non-hydrogen) atoms. The quantitative estimate of drug-likeness (QED) is 0.810. The van der Waals surface area contributed by atoms with Crippen molar-refractivity contribution in [1.29, 1.82) is 0 Å².